The van der Waals surface area contributed by atoms with E-state index < -0.39 is 0 Å². The number of amides is 1. The molecule has 4 nitrogen and oxygen atoms in total. The van der Waals surface area contributed by atoms with E-state index in [0.717, 1.165) is 5.56 Å². The summed E-state index contributed by atoms with van der Waals surface area (Å²) in [6.45, 7) is 3.38. The average molecular weight is 253 g/mol. The number of nitrogens with one attached hydrogen (secondary N) is 1. The van der Waals surface area contributed by atoms with Gasteiger partial charge in [0.1, 0.15) is 5.82 Å². The Labute approximate surface area is 107 Å². The van der Waals surface area contributed by atoms with Crippen molar-refractivity contribution in [3.05, 3.63) is 35.6 Å². The standard InChI is InChI=1S/C13H20FN3O/c1-10(11-3-5-12(14)6-4-11)16-13(18)9-17(2)8-7-15/h3-6,10H,7-9,15H2,1-2H3,(H,16,18). The molecule has 1 aromatic rings. The molecule has 0 aliphatic carbocycles. The number of rotatable bonds is 6. The van der Waals surface area contributed by atoms with E-state index in [9.17, 15) is 9.18 Å². The van der Waals surface area contributed by atoms with Gasteiger partial charge in [0.2, 0.25) is 5.91 Å². The third-order valence-electron chi connectivity index (χ3n) is 2.67. The Morgan fingerprint density at radius 2 is 2.06 bits per heavy atom. The van der Waals surface area contributed by atoms with Gasteiger partial charge in [0, 0.05) is 13.1 Å². The highest BCUT2D eigenvalue weighted by atomic mass is 19.1. The number of halogens is 1. The van der Waals surface area contributed by atoms with E-state index in [1.54, 1.807) is 12.1 Å². The number of carbonyl (C=O) groups excluding carboxylic acids is 1. The molecule has 3 N–H and O–H groups in total. The first-order chi connectivity index (χ1) is 8.52. The summed E-state index contributed by atoms with van der Waals surface area (Å²) >= 11 is 0. The molecule has 18 heavy (non-hydrogen) atoms. The second-order valence-corrected chi connectivity index (χ2v) is 4.37. The molecule has 0 aromatic heterocycles. The van der Waals surface area contributed by atoms with Gasteiger partial charge in [-0.25, -0.2) is 4.39 Å². The molecule has 0 bridgehead atoms. The minimum atomic E-state index is -0.278. The van der Waals surface area contributed by atoms with Crippen molar-refractivity contribution < 1.29 is 9.18 Å². The van der Waals surface area contributed by atoms with E-state index in [1.807, 2.05) is 18.9 Å². The zero-order chi connectivity index (χ0) is 13.5. The third-order valence-corrected chi connectivity index (χ3v) is 2.67. The summed E-state index contributed by atoms with van der Waals surface area (Å²) < 4.78 is 12.8. The Morgan fingerprint density at radius 1 is 1.44 bits per heavy atom. The lowest BCUT2D eigenvalue weighted by Gasteiger charge is -2.18. The van der Waals surface area contributed by atoms with Crippen LogP contribution < -0.4 is 11.1 Å². The maximum Gasteiger partial charge on any atom is 0.234 e. The van der Waals surface area contributed by atoms with Crippen LogP contribution in [-0.2, 0) is 4.79 Å². The van der Waals surface area contributed by atoms with Crippen molar-refractivity contribution in [2.75, 3.05) is 26.7 Å². The first kappa shape index (κ1) is 14.6. The van der Waals surface area contributed by atoms with Gasteiger partial charge in [0.15, 0.2) is 0 Å². The maximum absolute atomic E-state index is 12.8. The van der Waals surface area contributed by atoms with Gasteiger partial charge in [-0.05, 0) is 31.7 Å². The Morgan fingerprint density at radius 3 is 2.61 bits per heavy atom. The van der Waals surface area contributed by atoms with Gasteiger partial charge in [-0.15, -0.1) is 0 Å². The van der Waals surface area contributed by atoms with Gasteiger partial charge in [-0.3, -0.25) is 9.69 Å². The first-order valence-corrected chi connectivity index (χ1v) is 5.96. The lowest BCUT2D eigenvalue weighted by atomic mass is 10.1. The number of hydrogen-bond donors (Lipinski definition) is 2. The minimum Gasteiger partial charge on any atom is -0.348 e. The predicted molar refractivity (Wildman–Crippen MR) is 69.5 cm³/mol. The summed E-state index contributed by atoms with van der Waals surface area (Å²) in [5, 5.41) is 2.86. The van der Waals surface area contributed by atoms with Crippen molar-refractivity contribution >= 4 is 5.91 Å². The maximum atomic E-state index is 12.8. The largest absolute Gasteiger partial charge is 0.348 e. The van der Waals surface area contributed by atoms with Gasteiger partial charge in [0.25, 0.3) is 0 Å². The van der Waals surface area contributed by atoms with Crippen molar-refractivity contribution in [3.63, 3.8) is 0 Å². The smallest absolute Gasteiger partial charge is 0.234 e. The van der Waals surface area contributed by atoms with E-state index in [1.165, 1.54) is 12.1 Å². The Hall–Kier alpha value is -1.46. The van der Waals surface area contributed by atoms with Crippen LogP contribution in [0.4, 0.5) is 4.39 Å². The van der Waals surface area contributed by atoms with Gasteiger partial charge in [-0.2, -0.15) is 0 Å². The highest BCUT2D eigenvalue weighted by Crippen LogP contribution is 2.12. The Bertz CT molecular complexity index is 380. The van der Waals surface area contributed by atoms with Crippen molar-refractivity contribution in [2.45, 2.75) is 13.0 Å². The number of hydrogen-bond acceptors (Lipinski definition) is 3. The van der Waals surface area contributed by atoms with E-state index in [0.29, 0.717) is 19.6 Å². The molecule has 0 fully saturated rings. The summed E-state index contributed by atoms with van der Waals surface area (Å²) in [4.78, 5) is 13.6. The fourth-order valence-electron chi connectivity index (χ4n) is 1.67. The predicted octanol–water partition coefficient (Wildman–Crippen LogP) is 0.893. The summed E-state index contributed by atoms with van der Waals surface area (Å²) in [5.74, 6) is -0.345. The fraction of sp³-hybridized carbons (Fsp3) is 0.462. The minimum absolute atomic E-state index is 0.0669. The normalized spacial score (nSPS) is 12.5. The van der Waals surface area contributed by atoms with Crippen LogP contribution in [0.15, 0.2) is 24.3 Å². The molecule has 1 aromatic carbocycles. The number of nitrogens with two attached hydrogens (primary N) is 1. The summed E-state index contributed by atoms with van der Waals surface area (Å²) in [6, 6.07) is 5.98. The third kappa shape index (κ3) is 4.81. The van der Waals surface area contributed by atoms with Crippen LogP contribution in [0.5, 0.6) is 0 Å². The first-order valence-electron chi connectivity index (χ1n) is 5.96. The van der Waals surface area contributed by atoms with E-state index in [4.69, 9.17) is 5.73 Å². The molecule has 1 unspecified atom stereocenters. The van der Waals surface area contributed by atoms with Crippen LogP contribution in [0.2, 0.25) is 0 Å². The Kier molecular flexibility index (Phi) is 5.74. The van der Waals surface area contributed by atoms with Crippen LogP contribution in [-0.4, -0.2) is 37.5 Å². The number of likely N-dealkylation sites (N-methyl/N-ethyl adjacent to an activating group) is 1. The molecule has 0 spiro atoms. The number of carbonyl (C=O) groups is 1. The fourth-order valence-corrected chi connectivity index (χ4v) is 1.67. The second-order valence-electron chi connectivity index (χ2n) is 4.37. The molecule has 0 heterocycles. The van der Waals surface area contributed by atoms with E-state index in [-0.39, 0.29) is 17.8 Å². The van der Waals surface area contributed by atoms with Gasteiger partial charge in [0.05, 0.1) is 12.6 Å². The zero-order valence-electron chi connectivity index (χ0n) is 10.8. The van der Waals surface area contributed by atoms with E-state index in [2.05, 4.69) is 5.32 Å². The molecule has 100 valence electrons. The van der Waals surface area contributed by atoms with Gasteiger partial charge < -0.3 is 11.1 Å². The molecular formula is C13H20FN3O. The summed E-state index contributed by atoms with van der Waals surface area (Å²) in [5.41, 5.74) is 6.28. The van der Waals surface area contributed by atoms with Crippen molar-refractivity contribution in [1.29, 1.82) is 0 Å². The summed E-state index contributed by atoms with van der Waals surface area (Å²) in [6.07, 6.45) is 0. The molecule has 1 atom stereocenters. The van der Waals surface area contributed by atoms with Crippen molar-refractivity contribution in [3.8, 4) is 0 Å². The van der Waals surface area contributed by atoms with Crippen LogP contribution in [0.3, 0.4) is 0 Å². The molecule has 0 aliphatic heterocycles. The quantitative estimate of drug-likeness (QED) is 0.791. The van der Waals surface area contributed by atoms with E-state index >= 15 is 0 Å². The highest BCUT2D eigenvalue weighted by Gasteiger charge is 2.11. The monoisotopic (exact) mass is 253 g/mol. The summed E-state index contributed by atoms with van der Waals surface area (Å²) in [7, 11) is 1.84. The molecule has 0 saturated heterocycles. The SMILES string of the molecule is CC(NC(=O)CN(C)CCN)c1ccc(F)cc1. The zero-order valence-corrected chi connectivity index (χ0v) is 10.8. The van der Waals surface area contributed by atoms with Gasteiger partial charge in [-0.1, -0.05) is 12.1 Å². The van der Waals surface area contributed by atoms with Gasteiger partial charge >= 0.3 is 0 Å². The molecule has 1 rings (SSSR count). The molecule has 5 heteroatoms. The van der Waals surface area contributed by atoms with Crippen LogP contribution in [0, 0.1) is 5.82 Å². The molecular weight excluding hydrogens is 233 g/mol. The lowest BCUT2D eigenvalue weighted by molar-refractivity contribution is -0.122. The van der Waals surface area contributed by atoms with Crippen molar-refractivity contribution in [2.24, 2.45) is 5.73 Å². The number of benzene rings is 1. The van der Waals surface area contributed by atoms with Crippen LogP contribution in [0.25, 0.3) is 0 Å². The number of nitrogens with zero attached hydrogens (tertiary/aromatic N) is 1. The molecule has 0 aliphatic rings. The molecule has 0 radical (unpaired) electrons. The average Bonchev–Trinajstić information content (AvgIpc) is 2.29. The topological polar surface area (TPSA) is 58.4 Å². The lowest BCUT2D eigenvalue weighted by Crippen LogP contribution is -2.38. The van der Waals surface area contributed by atoms with Crippen molar-refractivity contribution in [1.82, 2.24) is 10.2 Å². The Balaban J connectivity index is 2.46. The van der Waals surface area contributed by atoms with Crippen LogP contribution in [0.1, 0.15) is 18.5 Å². The highest BCUT2D eigenvalue weighted by molar-refractivity contribution is 5.78. The van der Waals surface area contributed by atoms with Crippen LogP contribution >= 0.6 is 0 Å². The molecule has 1 amide bonds. The second kappa shape index (κ2) is 7.08. The molecule has 0 saturated carbocycles.